The highest BCUT2D eigenvalue weighted by atomic mass is 15.3. The fourth-order valence-electron chi connectivity index (χ4n) is 4.11. The van der Waals surface area contributed by atoms with Crippen LogP contribution in [0.2, 0.25) is 0 Å². The van der Waals surface area contributed by atoms with Gasteiger partial charge in [0.25, 0.3) is 0 Å². The van der Waals surface area contributed by atoms with Gasteiger partial charge in [-0.2, -0.15) is 0 Å². The van der Waals surface area contributed by atoms with Crippen molar-refractivity contribution in [2.24, 2.45) is 5.92 Å². The number of hydrogen-bond acceptors (Lipinski definition) is 3. The number of nitrogens with zero attached hydrogens (tertiary/aromatic N) is 3. The van der Waals surface area contributed by atoms with Crippen molar-refractivity contribution in [2.75, 3.05) is 52.9 Å². The van der Waals surface area contributed by atoms with Gasteiger partial charge in [0.05, 0.1) is 0 Å². The monoisotopic (exact) mass is 339 g/mol. The maximum Gasteiger partial charge on any atom is 0.0338 e. The second-order valence-electron chi connectivity index (χ2n) is 7.82. The third-order valence-corrected chi connectivity index (χ3v) is 5.78. The standard InChI is InChI=1S/C16H31N3.C3H8.C2H6/c1-3-19-13-12-18(14-16(19)7-8-16)11-6-15-4-9-17(2)10-5-15;1-3-2;1-2/h15H,3-14H2,1-2H3;3H2,1-2H3;1-2H3. The van der Waals surface area contributed by atoms with Crippen molar-refractivity contribution in [3.8, 4) is 0 Å². The molecule has 0 amide bonds. The van der Waals surface area contributed by atoms with Gasteiger partial charge in [-0.05, 0) is 71.2 Å². The first kappa shape index (κ1) is 21.9. The van der Waals surface area contributed by atoms with Crippen LogP contribution in [0.25, 0.3) is 0 Å². The lowest BCUT2D eigenvalue weighted by atomic mass is 9.93. The van der Waals surface area contributed by atoms with Crippen molar-refractivity contribution in [1.29, 1.82) is 0 Å². The lowest BCUT2D eigenvalue weighted by molar-refractivity contribution is 0.0578. The summed E-state index contributed by atoms with van der Waals surface area (Å²) in [6.07, 6.45) is 8.44. The lowest BCUT2D eigenvalue weighted by Gasteiger charge is -2.42. The Morgan fingerprint density at radius 2 is 1.50 bits per heavy atom. The Bertz CT molecular complexity index is 306. The quantitative estimate of drug-likeness (QED) is 0.755. The molecule has 1 aliphatic carbocycles. The van der Waals surface area contributed by atoms with E-state index in [9.17, 15) is 0 Å². The molecule has 3 heteroatoms. The molecule has 3 rings (SSSR count). The zero-order chi connectivity index (χ0) is 18.0. The van der Waals surface area contributed by atoms with E-state index in [1.807, 2.05) is 13.8 Å². The number of likely N-dealkylation sites (N-methyl/N-ethyl adjacent to an activating group) is 1. The molecule has 0 unspecified atom stereocenters. The predicted molar refractivity (Wildman–Crippen MR) is 108 cm³/mol. The molecule has 1 saturated carbocycles. The lowest BCUT2D eigenvalue weighted by Crippen LogP contribution is -2.55. The van der Waals surface area contributed by atoms with E-state index in [1.54, 1.807) is 0 Å². The van der Waals surface area contributed by atoms with Crippen LogP contribution in [0.1, 0.15) is 73.1 Å². The molecule has 3 fully saturated rings. The maximum atomic E-state index is 2.76. The third-order valence-electron chi connectivity index (χ3n) is 5.78. The van der Waals surface area contributed by atoms with E-state index in [1.165, 1.54) is 84.3 Å². The molecule has 3 aliphatic rings. The molecule has 3 nitrogen and oxygen atoms in total. The van der Waals surface area contributed by atoms with Crippen molar-refractivity contribution in [2.45, 2.75) is 78.7 Å². The van der Waals surface area contributed by atoms with Crippen LogP contribution in [-0.4, -0.2) is 73.1 Å². The van der Waals surface area contributed by atoms with Crippen LogP contribution < -0.4 is 0 Å². The number of likely N-dealkylation sites (tertiary alicyclic amines) is 1. The van der Waals surface area contributed by atoms with Gasteiger partial charge in [-0.15, -0.1) is 0 Å². The minimum atomic E-state index is 0.611. The van der Waals surface area contributed by atoms with Crippen LogP contribution in [0.15, 0.2) is 0 Å². The summed E-state index contributed by atoms with van der Waals surface area (Å²) in [6, 6.07) is 0. The largest absolute Gasteiger partial charge is 0.306 e. The normalized spacial score (nSPS) is 24.8. The highest BCUT2D eigenvalue weighted by Crippen LogP contribution is 2.44. The predicted octanol–water partition coefficient (Wildman–Crippen LogP) is 4.33. The summed E-state index contributed by atoms with van der Waals surface area (Å²) in [4.78, 5) is 7.98. The molecule has 0 N–H and O–H groups in total. The summed E-state index contributed by atoms with van der Waals surface area (Å²) >= 11 is 0. The topological polar surface area (TPSA) is 9.72 Å². The van der Waals surface area contributed by atoms with E-state index in [-0.39, 0.29) is 0 Å². The zero-order valence-electron chi connectivity index (χ0n) is 17.6. The molecule has 144 valence electrons. The molecule has 0 aromatic heterocycles. The van der Waals surface area contributed by atoms with Crippen molar-refractivity contribution in [3.05, 3.63) is 0 Å². The fraction of sp³-hybridized carbons (Fsp3) is 1.00. The Balaban J connectivity index is 0.000000521. The van der Waals surface area contributed by atoms with E-state index in [0.717, 1.165) is 5.92 Å². The summed E-state index contributed by atoms with van der Waals surface area (Å²) in [6.45, 7) is 19.8. The van der Waals surface area contributed by atoms with Crippen LogP contribution >= 0.6 is 0 Å². The number of hydrogen-bond donors (Lipinski definition) is 0. The van der Waals surface area contributed by atoms with Gasteiger partial charge in [-0.1, -0.05) is 41.0 Å². The van der Waals surface area contributed by atoms with E-state index in [4.69, 9.17) is 0 Å². The van der Waals surface area contributed by atoms with Gasteiger partial charge >= 0.3 is 0 Å². The molecule has 2 heterocycles. The first-order chi connectivity index (χ1) is 11.6. The Kier molecular flexibility index (Phi) is 10.5. The van der Waals surface area contributed by atoms with Crippen LogP contribution in [0.3, 0.4) is 0 Å². The summed E-state index contributed by atoms with van der Waals surface area (Å²) < 4.78 is 0. The van der Waals surface area contributed by atoms with Crippen molar-refractivity contribution < 1.29 is 0 Å². The number of piperazine rings is 1. The smallest absolute Gasteiger partial charge is 0.0338 e. The second kappa shape index (κ2) is 11.5. The molecule has 0 radical (unpaired) electrons. The Morgan fingerprint density at radius 3 is 2.00 bits per heavy atom. The first-order valence-electron chi connectivity index (χ1n) is 10.8. The van der Waals surface area contributed by atoms with Gasteiger partial charge in [0.2, 0.25) is 0 Å². The van der Waals surface area contributed by atoms with Crippen LogP contribution in [-0.2, 0) is 0 Å². The Morgan fingerprint density at radius 1 is 0.917 bits per heavy atom. The highest BCUT2D eigenvalue weighted by molar-refractivity contribution is 5.08. The average molecular weight is 340 g/mol. The molecule has 1 spiro atoms. The maximum absolute atomic E-state index is 2.76. The van der Waals surface area contributed by atoms with E-state index >= 15 is 0 Å². The molecule has 2 saturated heterocycles. The van der Waals surface area contributed by atoms with Crippen LogP contribution in [0.5, 0.6) is 0 Å². The third kappa shape index (κ3) is 6.65. The highest BCUT2D eigenvalue weighted by Gasteiger charge is 2.50. The van der Waals surface area contributed by atoms with Crippen molar-refractivity contribution in [1.82, 2.24) is 14.7 Å². The van der Waals surface area contributed by atoms with Gasteiger partial charge < -0.3 is 9.80 Å². The Hall–Kier alpha value is -0.120. The molecule has 0 atom stereocenters. The van der Waals surface area contributed by atoms with E-state index in [0.29, 0.717) is 5.54 Å². The molecule has 0 aromatic rings. The van der Waals surface area contributed by atoms with Gasteiger partial charge in [0.15, 0.2) is 0 Å². The number of piperidine rings is 1. The number of rotatable bonds is 4. The second-order valence-corrected chi connectivity index (χ2v) is 7.82. The minimum absolute atomic E-state index is 0.611. The molecule has 0 bridgehead atoms. The van der Waals surface area contributed by atoms with Crippen molar-refractivity contribution in [3.63, 3.8) is 0 Å². The molecule has 0 aromatic carbocycles. The van der Waals surface area contributed by atoms with Crippen LogP contribution in [0, 0.1) is 5.92 Å². The van der Waals surface area contributed by atoms with Crippen molar-refractivity contribution >= 4 is 0 Å². The summed E-state index contributed by atoms with van der Waals surface area (Å²) in [5.41, 5.74) is 0.611. The Labute approximate surface area is 152 Å². The zero-order valence-corrected chi connectivity index (χ0v) is 17.6. The summed E-state index contributed by atoms with van der Waals surface area (Å²) in [7, 11) is 2.26. The van der Waals surface area contributed by atoms with E-state index < -0.39 is 0 Å². The average Bonchev–Trinajstić information content (AvgIpc) is 3.37. The van der Waals surface area contributed by atoms with Gasteiger partial charge in [-0.25, -0.2) is 0 Å². The van der Waals surface area contributed by atoms with E-state index in [2.05, 4.69) is 42.5 Å². The molecular formula is C21H45N3. The van der Waals surface area contributed by atoms with Gasteiger partial charge in [0, 0.05) is 25.2 Å². The first-order valence-corrected chi connectivity index (χ1v) is 10.8. The summed E-state index contributed by atoms with van der Waals surface area (Å²) in [5, 5.41) is 0. The van der Waals surface area contributed by atoms with Crippen LogP contribution in [0.4, 0.5) is 0 Å². The van der Waals surface area contributed by atoms with Gasteiger partial charge in [0.1, 0.15) is 0 Å². The van der Waals surface area contributed by atoms with Gasteiger partial charge in [-0.3, -0.25) is 4.90 Å². The molecule has 2 aliphatic heterocycles. The summed E-state index contributed by atoms with van der Waals surface area (Å²) in [5.74, 6) is 0.996. The fourth-order valence-corrected chi connectivity index (χ4v) is 4.11. The minimum Gasteiger partial charge on any atom is -0.306 e. The molecular weight excluding hydrogens is 294 g/mol. The SMILES string of the molecule is CC.CCC.CCN1CCN(CCC2CCN(C)CC2)CC12CC2. The molecule has 24 heavy (non-hydrogen) atoms.